The van der Waals surface area contributed by atoms with Crippen LogP contribution in [0.5, 0.6) is 0 Å². The number of carbonyl (C=O) groups excluding carboxylic acids is 1. The number of rotatable bonds is 5. The van der Waals surface area contributed by atoms with Gasteiger partial charge in [0.1, 0.15) is 5.82 Å². The van der Waals surface area contributed by atoms with Crippen molar-refractivity contribution in [1.82, 2.24) is 5.32 Å². The molecule has 0 radical (unpaired) electrons. The third-order valence-electron chi connectivity index (χ3n) is 2.35. The zero-order valence-electron chi connectivity index (χ0n) is 9.80. The average Bonchev–Trinajstić information content (AvgIpc) is 2.30. The van der Waals surface area contributed by atoms with Crippen LogP contribution in [0.4, 0.5) is 4.39 Å². The van der Waals surface area contributed by atoms with Crippen LogP contribution in [-0.4, -0.2) is 19.1 Å². The van der Waals surface area contributed by atoms with Gasteiger partial charge >= 0.3 is 5.97 Å². The lowest BCUT2D eigenvalue weighted by atomic mass is 10.2. The minimum Gasteiger partial charge on any atom is -0.469 e. The van der Waals surface area contributed by atoms with Gasteiger partial charge in [0.25, 0.3) is 0 Å². The summed E-state index contributed by atoms with van der Waals surface area (Å²) in [6.45, 7) is 2.38. The Morgan fingerprint density at radius 3 is 2.94 bits per heavy atom. The second kappa shape index (κ2) is 6.71. The van der Waals surface area contributed by atoms with Crippen LogP contribution in [0.15, 0.2) is 22.7 Å². The van der Waals surface area contributed by atoms with Crippen LogP contribution in [0, 0.1) is 5.82 Å². The highest BCUT2D eigenvalue weighted by atomic mass is 79.9. The van der Waals surface area contributed by atoms with Crippen LogP contribution in [0.3, 0.4) is 0 Å². The topological polar surface area (TPSA) is 38.3 Å². The summed E-state index contributed by atoms with van der Waals surface area (Å²) in [5, 5.41) is 3.13. The number of nitrogens with one attached hydrogen (secondary N) is 1. The van der Waals surface area contributed by atoms with Gasteiger partial charge in [0, 0.05) is 17.1 Å². The molecule has 0 bridgehead atoms. The molecule has 0 aromatic heterocycles. The molecule has 0 heterocycles. The van der Waals surface area contributed by atoms with E-state index in [1.807, 2.05) is 6.92 Å². The monoisotopic (exact) mass is 303 g/mol. The fraction of sp³-hybridized carbons (Fsp3) is 0.417. The number of esters is 1. The van der Waals surface area contributed by atoms with Gasteiger partial charge in [-0.05, 0) is 30.7 Å². The summed E-state index contributed by atoms with van der Waals surface area (Å²) < 4.78 is 18.4. The van der Waals surface area contributed by atoms with Crippen LogP contribution >= 0.6 is 15.9 Å². The molecular formula is C12H15BrFNO2. The molecule has 0 amide bonds. The first kappa shape index (κ1) is 14.1. The highest BCUT2D eigenvalue weighted by Gasteiger charge is 2.09. The minimum atomic E-state index is -0.273. The SMILES string of the molecule is COC(=O)CC(C)NCc1cc(F)ccc1Br. The molecule has 5 heteroatoms. The van der Waals surface area contributed by atoms with Crippen molar-refractivity contribution in [2.24, 2.45) is 0 Å². The van der Waals surface area contributed by atoms with E-state index in [0.29, 0.717) is 13.0 Å². The second-order valence-corrected chi connectivity index (χ2v) is 4.65. The molecule has 1 rings (SSSR count). The summed E-state index contributed by atoms with van der Waals surface area (Å²) in [6, 6.07) is 4.50. The Bertz CT molecular complexity index is 398. The number of halogens is 2. The van der Waals surface area contributed by atoms with Crippen molar-refractivity contribution in [3.8, 4) is 0 Å². The van der Waals surface area contributed by atoms with Gasteiger partial charge < -0.3 is 10.1 Å². The van der Waals surface area contributed by atoms with Crippen molar-refractivity contribution in [2.45, 2.75) is 25.9 Å². The summed E-state index contributed by atoms with van der Waals surface area (Å²) in [7, 11) is 1.36. The van der Waals surface area contributed by atoms with E-state index < -0.39 is 0 Å². The van der Waals surface area contributed by atoms with Crippen molar-refractivity contribution < 1.29 is 13.9 Å². The van der Waals surface area contributed by atoms with Gasteiger partial charge in [-0.25, -0.2) is 4.39 Å². The smallest absolute Gasteiger partial charge is 0.307 e. The Labute approximate surface area is 108 Å². The molecule has 0 aliphatic heterocycles. The quantitative estimate of drug-likeness (QED) is 0.850. The van der Waals surface area contributed by atoms with Crippen LogP contribution < -0.4 is 5.32 Å². The highest BCUT2D eigenvalue weighted by Crippen LogP contribution is 2.17. The number of hydrogen-bond acceptors (Lipinski definition) is 3. The van der Waals surface area contributed by atoms with E-state index in [1.165, 1.54) is 19.2 Å². The van der Waals surface area contributed by atoms with Gasteiger partial charge in [0.15, 0.2) is 0 Å². The maximum absolute atomic E-state index is 13.0. The van der Waals surface area contributed by atoms with Gasteiger partial charge in [0.2, 0.25) is 0 Å². The molecule has 3 nitrogen and oxygen atoms in total. The molecular weight excluding hydrogens is 289 g/mol. The molecule has 1 N–H and O–H groups in total. The molecule has 94 valence electrons. The molecule has 1 atom stereocenters. The molecule has 0 spiro atoms. The second-order valence-electron chi connectivity index (χ2n) is 3.80. The number of hydrogen-bond donors (Lipinski definition) is 1. The summed E-state index contributed by atoms with van der Waals surface area (Å²) in [5.74, 6) is -0.533. The standard InChI is InChI=1S/C12H15BrFNO2/c1-8(5-12(16)17-2)15-7-9-6-10(14)3-4-11(9)13/h3-4,6,8,15H,5,7H2,1-2H3. The predicted molar refractivity (Wildman–Crippen MR) is 67.0 cm³/mol. The lowest BCUT2D eigenvalue weighted by Gasteiger charge is -2.13. The van der Waals surface area contributed by atoms with Crippen molar-refractivity contribution >= 4 is 21.9 Å². The Kier molecular flexibility index (Phi) is 5.58. The first-order valence-electron chi connectivity index (χ1n) is 5.27. The van der Waals surface area contributed by atoms with E-state index in [1.54, 1.807) is 6.07 Å². The van der Waals surface area contributed by atoms with E-state index in [4.69, 9.17) is 0 Å². The summed E-state index contributed by atoms with van der Waals surface area (Å²) in [6.07, 6.45) is 0.295. The molecule has 0 fully saturated rings. The third-order valence-corrected chi connectivity index (χ3v) is 3.12. The molecule has 17 heavy (non-hydrogen) atoms. The molecule has 0 aliphatic carbocycles. The van der Waals surface area contributed by atoms with Crippen molar-refractivity contribution in [3.05, 3.63) is 34.1 Å². The van der Waals surface area contributed by atoms with Crippen LogP contribution in [-0.2, 0) is 16.1 Å². The summed E-state index contributed by atoms with van der Waals surface area (Å²) >= 11 is 3.35. The molecule has 1 aromatic rings. The van der Waals surface area contributed by atoms with E-state index in [0.717, 1.165) is 10.0 Å². The largest absolute Gasteiger partial charge is 0.469 e. The van der Waals surface area contributed by atoms with Crippen molar-refractivity contribution in [2.75, 3.05) is 7.11 Å². The first-order valence-corrected chi connectivity index (χ1v) is 6.06. The van der Waals surface area contributed by atoms with E-state index in [2.05, 4.69) is 26.0 Å². The molecule has 1 aromatic carbocycles. The number of carbonyl (C=O) groups is 1. The summed E-state index contributed by atoms with van der Waals surface area (Å²) in [5.41, 5.74) is 0.821. The normalized spacial score (nSPS) is 12.2. The Balaban J connectivity index is 2.49. The Hall–Kier alpha value is -0.940. The highest BCUT2D eigenvalue weighted by molar-refractivity contribution is 9.10. The summed E-state index contributed by atoms with van der Waals surface area (Å²) in [4.78, 5) is 11.0. The fourth-order valence-electron chi connectivity index (χ4n) is 1.37. The van der Waals surface area contributed by atoms with Crippen LogP contribution in [0.2, 0.25) is 0 Å². The fourth-order valence-corrected chi connectivity index (χ4v) is 1.76. The van der Waals surface area contributed by atoms with Crippen molar-refractivity contribution in [3.63, 3.8) is 0 Å². The lowest BCUT2D eigenvalue weighted by Crippen LogP contribution is -2.28. The van der Waals surface area contributed by atoms with E-state index in [9.17, 15) is 9.18 Å². The first-order chi connectivity index (χ1) is 8.02. The van der Waals surface area contributed by atoms with Gasteiger partial charge in [-0.3, -0.25) is 4.79 Å². The third kappa shape index (κ3) is 4.83. The predicted octanol–water partition coefficient (Wildman–Crippen LogP) is 2.63. The Morgan fingerprint density at radius 1 is 1.59 bits per heavy atom. The van der Waals surface area contributed by atoms with E-state index in [-0.39, 0.29) is 17.8 Å². The maximum atomic E-state index is 13.0. The lowest BCUT2D eigenvalue weighted by molar-refractivity contribution is -0.141. The number of ether oxygens (including phenoxy) is 1. The number of methoxy groups -OCH3 is 1. The zero-order chi connectivity index (χ0) is 12.8. The van der Waals surface area contributed by atoms with E-state index >= 15 is 0 Å². The van der Waals surface area contributed by atoms with Gasteiger partial charge in [0.05, 0.1) is 13.5 Å². The Morgan fingerprint density at radius 2 is 2.29 bits per heavy atom. The maximum Gasteiger partial charge on any atom is 0.307 e. The average molecular weight is 304 g/mol. The molecule has 0 saturated heterocycles. The molecule has 1 unspecified atom stereocenters. The van der Waals surface area contributed by atoms with Crippen LogP contribution in [0.25, 0.3) is 0 Å². The molecule has 0 aliphatic rings. The number of benzene rings is 1. The van der Waals surface area contributed by atoms with Gasteiger partial charge in [-0.15, -0.1) is 0 Å². The van der Waals surface area contributed by atoms with Crippen molar-refractivity contribution in [1.29, 1.82) is 0 Å². The minimum absolute atomic E-state index is 0.0161. The van der Waals surface area contributed by atoms with Gasteiger partial charge in [-0.2, -0.15) is 0 Å². The van der Waals surface area contributed by atoms with Crippen LogP contribution in [0.1, 0.15) is 18.9 Å². The molecule has 0 saturated carbocycles. The van der Waals surface area contributed by atoms with Gasteiger partial charge in [-0.1, -0.05) is 15.9 Å². The zero-order valence-corrected chi connectivity index (χ0v) is 11.4.